The SMILES string of the molecule is C=CCN(Cc1ccc(C#N)cc1)C(=O)c1cc(Cl)c(OCCC)c(OCC)c1. The Bertz CT molecular complexity index is 888. The second-order valence-electron chi connectivity index (χ2n) is 6.35. The van der Waals surface area contributed by atoms with Gasteiger partial charge in [0.25, 0.3) is 5.91 Å². The third kappa shape index (κ3) is 6.00. The van der Waals surface area contributed by atoms with E-state index in [9.17, 15) is 4.79 Å². The quantitative estimate of drug-likeness (QED) is 0.501. The zero-order chi connectivity index (χ0) is 21.2. The van der Waals surface area contributed by atoms with Crippen LogP contribution in [0.25, 0.3) is 0 Å². The first kappa shape index (κ1) is 22.3. The minimum absolute atomic E-state index is 0.195. The van der Waals surface area contributed by atoms with E-state index in [0.29, 0.717) is 54.0 Å². The molecule has 2 aromatic carbocycles. The number of hydrogen-bond donors (Lipinski definition) is 0. The van der Waals surface area contributed by atoms with E-state index >= 15 is 0 Å². The predicted molar refractivity (Wildman–Crippen MR) is 115 cm³/mol. The van der Waals surface area contributed by atoms with Gasteiger partial charge in [-0.2, -0.15) is 5.26 Å². The average Bonchev–Trinajstić information content (AvgIpc) is 2.73. The van der Waals surface area contributed by atoms with Gasteiger partial charge in [0.05, 0.1) is 29.9 Å². The molecule has 6 heteroatoms. The standard InChI is InChI=1S/C23H25ClN2O3/c1-4-11-26(16-18-9-7-17(15-25)8-10-18)23(27)19-13-20(24)22(29-12-5-2)21(14-19)28-6-3/h4,7-10,13-14H,1,5-6,11-12,16H2,2-3H3. The fraction of sp³-hybridized carbons (Fsp3) is 0.304. The van der Waals surface area contributed by atoms with E-state index in [4.69, 9.17) is 26.3 Å². The Hall–Kier alpha value is -2.97. The van der Waals surface area contributed by atoms with Gasteiger partial charge in [0.15, 0.2) is 11.5 Å². The molecule has 0 spiro atoms. The molecule has 152 valence electrons. The summed E-state index contributed by atoms with van der Waals surface area (Å²) in [6, 6.07) is 12.5. The van der Waals surface area contributed by atoms with E-state index in [1.54, 1.807) is 35.2 Å². The Morgan fingerprint density at radius 2 is 1.97 bits per heavy atom. The van der Waals surface area contributed by atoms with E-state index in [1.807, 2.05) is 26.0 Å². The van der Waals surface area contributed by atoms with Gasteiger partial charge in [0.2, 0.25) is 0 Å². The number of benzene rings is 2. The Kier molecular flexibility index (Phi) is 8.57. The summed E-state index contributed by atoms with van der Waals surface area (Å²) in [6.45, 7) is 9.30. The Morgan fingerprint density at radius 1 is 1.24 bits per heavy atom. The summed E-state index contributed by atoms with van der Waals surface area (Å²) in [6.07, 6.45) is 2.51. The molecule has 29 heavy (non-hydrogen) atoms. The van der Waals surface area contributed by atoms with E-state index in [1.165, 1.54) is 0 Å². The lowest BCUT2D eigenvalue weighted by Gasteiger charge is -2.22. The second kappa shape index (κ2) is 11.1. The first-order chi connectivity index (χ1) is 14.0. The molecule has 0 atom stereocenters. The third-order valence-electron chi connectivity index (χ3n) is 4.10. The molecule has 0 bridgehead atoms. The van der Waals surface area contributed by atoms with Crippen LogP contribution < -0.4 is 9.47 Å². The molecule has 2 rings (SSSR count). The fourth-order valence-corrected chi connectivity index (χ4v) is 3.03. The number of nitrogens with zero attached hydrogens (tertiary/aromatic N) is 2. The Balaban J connectivity index is 2.32. The van der Waals surface area contributed by atoms with Crippen molar-refractivity contribution < 1.29 is 14.3 Å². The van der Waals surface area contributed by atoms with Crippen molar-refractivity contribution in [2.75, 3.05) is 19.8 Å². The summed E-state index contributed by atoms with van der Waals surface area (Å²) in [5, 5.41) is 9.28. The van der Waals surface area contributed by atoms with E-state index < -0.39 is 0 Å². The van der Waals surface area contributed by atoms with Crippen molar-refractivity contribution in [3.05, 3.63) is 70.8 Å². The van der Waals surface area contributed by atoms with Gasteiger partial charge in [0.1, 0.15) is 0 Å². The smallest absolute Gasteiger partial charge is 0.254 e. The first-order valence-electron chi connectivity index (χ1n) is 9.52. The molecular formula is C23H25ClN2O3. The van der Waals surface area contributed by atoms with Crippen LogP contribution in [-0.2, 0) is 6.54 Å². The predicted octanol–water partition coefficient (Wildman–Crippen LogP) is 5.23. The summed E-state index contributed by atoms with van der Waals surface area (Å²) in [5.41, 5.74) is 1.90. The van der Waals surface area contributed by atoms with Crippen LogP contribution in [-0.4, -0.2) is 30.6 Å². The lowest BCUT2D eigenvalue weighted by Crippen LogP contribution is -2.30. The largest absolute Gasteiger partial charge is 0.490 e. The maximum atomic E-state index is 13.2. The monoisotopic (exact) mass is 412 g/mol. The molecular weight excluding hydrogens is 388 g/mol. The molecule has 0 radical (unpaired) electrons. The van der Waals surface area contributed by atoms with Crippen LogP contribution in [0.2, 0.25) is 5.02 Å². The summed E-state index contributed by atoms with van der Waals surface area (Å²) >= 11 is 6.40. The number of halogens is 1. The second-order valence-corrected chi connectivity index (χ2v) is 6.76. The molecule has 0 unspecified atom stereocenters. The minimum atomic E-state index is -0.195. The highest BCUT2D eigenvalue weighted by Crippen LogP contribution is 2.37. The summed E-state index contributed by atoms with van der Waals surface area (Å²) < 4.78 is 11.4. The lowest BCUT2D eigenvalue weighted by molar-refractivity contribution is 0.0762. The zero-order valence-corrected chi connectivity index (χ0v) is 17.5. The van der Waals surface area contributed by atoms with Crippen LogP contribution in [0.15, 0.2) is 49.1 Å². The van der Waals surface area contributed by atoms with Crippen LogP contribution in [0, 0.1) is 11.3 Å². The van der Waals surface area contributed by atoms with Crippen LogP contribution in [0.4, 0.5) is 0 Å². The van der Waals surface area contributed by atoms with E-state index in [0.717, 1.165) is 12.0 Å². The molecule has 0 saturated carbocycles. The number of rotatable bonds is 10. The molecule has 0 aromatic heterocycles. The number of amides is 1. The molecule has 0 fully saturated rings. The summed E-state index contributed by atoms with van der Waals surface area (Å²) in [7, 11) is 0. The highest BCUT2D eigenvalue weighted by atomic mass is 35.5. The van der Waals surface area contributed by atoms with E-state index in [-0.39, 0.29) is 5.91 Å². The molecule has 0 heterocycles. The third-order valence-corrected chi connectivity index (χ3v) is 4.38. The van der Waals surface area contributed by atoms with Gasteiger partial charge in [-0.05, 0) is 43.2 Å². The van der Waals surface area contributed by atoms with E-state index in [2.05, 4.69) is 12.6 Å². The van der Waals surface area contributed by atoms with Crippen LogP contribution in [0.3, 0.4) is 0 Å². The lowest BCUT2D eigenvalue weighted by atomic mass is 10.1. The van der Waals surface area contributed by atoms with Gasteiger partial charge in [-0.3, -0.25) is 4.79 Å². The minimum Gasteiger partial charge on any atom is -0.490 e. The Morgan fingerprint density at radius 3 is 2.55 bits per heavy atom. The van der Waals surface area contributed by atoms with Crippen molar-refractivity contribution in [2.45, 2.75) is 26.8 Å². The number of nitriles is 1. The van der Waals surface area contributed by atoms with Crippen molar-refractivity contribution in [3.63, 3.8) is 0 Å². The molecule has 1 amide bonds. The summed E-state index contributed by atoms with van der Waals surface area (Å²) in [4.78, 5) is 14.8. The van der Waals surface area contributed by atoms with Crippen molar-refractivity contribution in [1.82, 2.24) is 4.90 Å². The molecule has 0 aliphatic rings. The molecule has 0 N–H and O–H groups in total. The van der Waals surface area contributed by atoms with Crippen LogP contribution in [0.5, 0.6) is 11.5 Å². The van der Waals surface area contributed by atoms with Gasteiger partial charge < -0.3 is 14.4 Å². The number of carbonyl (C=O) groups is 1. The van der Waals surface area contributed by atoms with Crippen molar-refractivity contribution in [1.29, 1.82) is 5.26 Å². The molecule has 5 nitrogen and oxygen atoms in total. The molecule has 2 aromatic rings. The highest BCUT2D eigenvalue weighted by molar-refractivity contribution is 6.32. The zero-order valence-electron chi connectivity index (χ0n) is 16.8. The molecule has 0 aliphatic heterocycles. The van der Waals surface area contributed by atoms with Gasteiger partial charge in [-0.15, -0.1) is 6.58 Å². The van der Waals surface area contributed by atoms with Gasteiger partial charge in [-0.1, -0.05) is 36.7 Å². The average molecular weight is 413 g/mol. The van der Waals surface area contributed by atoms with Gasteiger partial charge in [0, 0.05) is 18.7 Å². The fourth-order valence-electron chi connectivity index (χ4n) is 2.76. The first-order valence-corrected chi connectivity index (χ1v) is 9.90. The maximum Gasteiger partial charge on any atom is 0.254 e. The highest BCUT2D eigenvalue weighted by Gasteiger charge is 2.20. The normalized spacial score (nSPS) is 10.1. The van der Waals surface area contributed by atoms with Crippen LogP contribution >= 0.6 is 11.6 Å². The molecule has 0 saturated heterocycles. The van der Waals surface area contributed by atoms with Gasteiger partial charge >= 0.3 is 0 Å². The number of carbonyl (C=O) groups excluding carboxylic acids is 1. The number of ether oxygens (including phenoxy) is 2. The van der Waals surface area contributed by atoms with Crippen LogP contribution in [0.1, 0.15) is 41.8 Å². The van der Waals surface area contributed by atoms with Gasteiger partial charge in [-0.25, -0.2) is 0 Å². The van der Waals surface area contributed by atoms with Crippen molar-refractivity contribution in [2.24, 2.45) is 0 Å². The molecule has 0 aliphatic carbocycles. The topological polar surface area (TPSA) is 62.6 Å². The maximum absolute atomic E-state index is 13.2. The summed E-state index contributed by atoms with van der Waals surface area (Å²) in [5.74, 6) is 0.710. The van der Waals surface area contributed by atoms with Crippen molar-refractivity contribution >= 4 is 17.5 Å². The Labute approximate surface area is 177 Å². The number of hydrogen-bond acceptors (Lipinski definition) is 4. The van der Waals surface area contributed by atoms with Crippen molar-refractivity contribution in [3.8, 4) is 17.6 Å².